The van der Waals surface area contributed by atoms with Crippen molar-refractivity contribution in [3.63, 3.8) is 0 Å². The standard InChI is InChI=1S/C21H31N5O4/c1-2-17-22-21(23-30-17)25-12-14-11-15(13-25)19(26-16(14)5-3-6-18(26)27)20(28)24-7-4-9-29-10-8-24/h14-16,19H,2-13H2,1H3/t14-,15+,16+,19-/m1/s1. The van der Waals surface area contributed by atoms with Crippen molar-refractivity contribution in [3.8, 4) is 0 Å². The fourth-order valence-electron chi connectivity index (χ4n) is 5.81. The molecule has 164 valence electrons. The summed E-state index contributed by atoms with van der Waals surface area (Å²) >= 11 is 0. The Morgan fingerprint density at radius 2 is 2.03 bits per heavy atom. The van der Waals surface area contributed by atoms with Crippen LogP contribution in [0.25, 0.3) is 0 Å². The third kappa shape index (κ3) is 3.46. The minimum atomic E-state index is -0.391. The Labute approximate surface area is 176 Å². The number of piperidine rings is 3. The molecule has 5 heterocycles. The normalized spacial score (nSPS) is 32.0. The first-order valence-electron chi connectivity index (χ1n) is 11.4. The van der Waals surface area contributed by atoms with Crippen LogP contribution in [0.5, 0.6) is 0 Å². The van der Waals surface area contributed by atoms with E-state index in [1.54, 1.807) is 0 Å². The van der Waals surface area contributed by atoms with Crippen LogP contribution < -0.4 is 4.90 Å². The van der Waals surface area contributed by atoms with Crippen LogP contribution in [-0.4, -0.2) is 83.2 Å². The molecule has 0 radical (unpaired) electrons. The van der Waals surface area contributed by atoms with E-state index in [0.717, 1.165) is 32.2 Å². The van der Waals surface area contributed by atoms with Crippen molar-refractivity contribution in [1.29, 1.82) is 0 Å². The molecule has 9 nitrogen and oxygen atoms in total. The van der Waals surface area contributed by atoms with Gasteiger partial charge >= 0.3 is 0 Å². The Morgan fingerprint density at radius 1 is 1.17 bits per heavy atom. The van der Waals surface area contributed by atoms with Gasteiger partial charge in [-0.15, -0.1) is 0 Å². The Hall–Kier alpha value is -2.16. The van der Waals surface area contributed by atoms with Gasteiger partial charge in [0.2, 0.25) is 17.7 Å². The smallest absolute Gasteiger partial charge is 0.266 e. The van der Waals surface area contributed by atoms with Crippen LogP contribution in [0.3, 0.4) is 0 Å². The van der Waals surface area contributed by atoms with E-state index in [4.69, 9.17) is 9.26 Å². The molecule has 0 aromatic carbocycles. The van der Waals surface area contributed by atoms with Crippen molar-refractivity contribution in [2.24, 2.45) is 11.8 Å². The Balaban J connectivity index is 1.44. The zero-order valence-electron chi connectivity index (χ0n) is 17.7. The quantitative estimate of drug-likeness (QED) is 0.727. The second-order valence-corrected chi connectivity index (χ2v) is 9.00. The Morgan fingerprint density at radius 3 is 2.87 bits per heavy atom. The van der Waals surface area contributed by atoms with Gasteiger partial charge in [0.1, 0.15) is 6.04 Å². The summed E-state index contributed by atoms with van der Waals surface area (Å²) in [5.74, 6) is 1.91. The van der Waals surface area contributed by atoms with Gasteiger partial charge in [-0.25, -0.2) is 0 Å². The summed E-state index contributed by atoms with van der Waals surface area (Å²) in [7, 11) is 0. The highest BCUT2D eigenvalue weighted by molar-refractivity contribution is 5.89. The number of nitrogens with zero attached hydrogens (tertiary/aromatic N) is 5. The largest absolute Gasteiger partial charge is 0.380 e. The lowest BCUT2D eigenvalue weighted by atomic mass is 9.71. The third-order valence-electron chi connectivity index (χ3n) is 7.17. The topological polar surface area (TPSA) is 92.0 Å². The number of rotatable bonds is 3. The van der Waals surface area contributed by atoms with E-state index in [2.05, 4.69) is 15.0 Å². The lowest BCUT2D eigenvalue weighted by Gasteiger charge is -2.56. The van der Waals surface area contributed by atoms with Gasteiger partial charge in [-0.3, -0.25) is 9.59 Å². The second kappa shape index (κ2) is 8.17. The molecule has 0 aliphatic carbocycles. The molecule has 4 aliphatic rings. The monoisotopic (exact) mass is 417 g/mol. The van der Waals surface area contributed by atoms with E-state index in [9.17, 15) is 9.59 Å². The van der Waals surface area contributed by atoms with Crippen LogP contribution >= 0.6 is 0 Å². The maximum Gasteiger partial charge on any atom is 0.266 e. The molecule has 0 saturated carbocycles. The molecule has 4 aliphatic heterocycles. The Bertz CT molecular complexity index is 790. The van der Waals surface area contributed by atoms with Gasteiger partial charge in [0.15, 0.2) is 0 Å². The first-order chi connectivity index (χ1) is 14.7. The predicted molar refractivity (Wildman–Crippen MR) is 108 cm³/mol. The van der Waals surface area contributed by atoms with Gasteiger partial charge < -0.3 is 24.0 Å². The van der Waals surface area contributed by atoms with E-state index in [0.29, 0.717) is 63.4 Å². The number of aryl methyl sites for hydroxylation is 1. The van der Waals surface area contributed by atoms with Crippen molar-refractivity contribution in [2.45, 2.75) is 57.5 Å². The number of anilines is 1. The number of carbonyl (C=O) groups is 2. The number of hydrogen-bond donors (Lipinski definition) is 0. The molecule has 2 amide bonds. The summed E-state index contributed by atoms with van der Waals surface area (Å²) in [4.78, 5) is 37.3. The van der Waals surface area contributed by atoms with E-state index in [1.165, 1.54) is 0 Å². The SMILES string of the molecule is CCc1nc(N2C[C@H]3C[C@@H](C2)[C@H](C(=O)N2CCCOCC2)N2C(=O)CCC[C@@H]32)no1. The lowest BCUT2D eigenvalue weighted by Crippen LogP contribution is -2.68. The average Bonchev–Trinajstić information content (AvgIpc) is 3.08. The first-order valence-corrected chi connectivity index (χ1v) is 11.4. The summed E-state index contributed by atoms with van der Waals surface area (Å²) in [6.07, 6.45) is 4.95. The molecule has 4 fully saturated rings. The molecule has 9 heteroatoms. The average molecular weight is 418 g/mol. The molecule has 4 atom stereocenters. The van der Waals surface area contributed by atoms with Crippen molar-refractivity contribution < 1.29 is 18.8 Å². The van der Waals surface area contributed by atoms with Crippen molar-refractivity contribution >= 4 is 17.8 Å². The number of fused-ring (bicyclic) bond motifs is 4. The zero-order valence-corrected chi connectivity index (χ0v) is 17.7. The third-order valence-corrected chi connectivity index (χ3v) is 7.17. The van der Waals surface area contributed by atoms with Crippen molar-refractivity contribution in [3.05, 3.63) is 5.89 Å². The maximum atomic E-state index is 13.7. The van der Waals surface area contributed by atoms with Crippen LogP contribution in [-0.2, 0) is 20.7 Å². The van der Waals surface area contributed by atoms with Crippen molar-refractivity contribution in [1.82, 2.24) is 19.9 Å². The molecule has 30 heavy (non-hydrogen) atoms. The van der Waals surface area contributed by atoms with Gasteiger partial charge in [0.05, 0.1) is 6.61 Å². The zero-order chi connectivity index (χ0) is 20.7. The highest BCUT2D eigenvalue weighted by atomic mass is 16.5. The highest BCUT2D eigenvalue weighted by Gasteiger charge is 2.53. The van der Waals surface area contributed by atoms with E-state index < -0.39 is 6.04 Å². The van der Waals surface area contributed by atoms with Crippen LogP contribution in [0, 0.1) is 11.8 Å². The molecule has 5 rings (SSSR count). The Kier molecular flexibility index (Phi) is 5.39. The van der Waals surface area contributed by atoms with Gasteiger partial charge in [-0.2, -0.15) is 4.98 Å². The minimum absolute atomic E-state index is 0.0855. The van der Waals surface area contributed by atoms with E-state index in [-0.39, 0.29) is 23.8 Å². The first kappa shape index (κ1) is 19.8. The van der Waals surface area contributed by atoms with Gasteiger partial charge in [0.25, 0.3) is 5.95 Å². The van der Waals surface area contributed by atoms with E-state index >= 15 is 0 Å². The van der Waals surface area contributed by atoms with Crippen molar-refractivity contribution in [2.75, 3.05) is 44.3 Å². The van der Waals surface area contributed by atoms with Crippen LogP contribution in [0.15, 0.2) is 4.52 Å². The number of carbonyl (C=O) groups excluding carboxylic acids is 2. The predicted octanol–water partition coefficient (Wildman–Crippen LogP) is 1.09. The summed E-state index contributed by atoms with van der Waals surface area (Å²) in [5, 5.41) is 4.18. The molecular formula is C21H31N5O4. The summed E-state index contributed by atoms with van der Waals surface area (Å²) in [6.45, 7) is 6.05. The fraction of sp³-hybridized carbons (Fsp3) is 0.810. The molecule has 1 aromatic heterocycles. The minimum Gasteiger partial charge on any atom is -0.380 e. The molecule has 1 aromatic rings. The molecular weight excluding hydrogens is 386 g/mol. The maximum absolute atomic E-state index is 13.7. The number of aromatic nitrogens is 2. The molecule has 4 saturated heterocycles. The summed E-state index contributed by atoms with van der Waals surface area (Å²) in [6, 6.07) is -0.266. The van der Waals surface area contributed by atoms with Gasteiger partial charge in [0, 0.05) is 57.6 Å². The molecule has 0 N–H and O–H groups in total. The molecule has 0 unspecified atom stereocenters. The van der Waals surface area contributed by atoms with Gasteiger partial charge in [-0.05, 0) is 36.8 Å². The number of hydrogen-bond acceptors (Lipinski definition) is 7. The summed E-state index contributed by atoms with van der Waals surface area (Å²) < 4.78 is 10.9. The van der Waals surface area contributed by atoms with E-state index in [1.807, 2.05) is 16.7 Å². The number of amides is 2. The van der Waals surface area contributed by atoms with Crippen LogP contribution in [0.2, 0.25) is 0 Å². The summed E-state index contributed by atoms with van der Waals surface area (Å²) in [5.41, 5.74) is 0. The molecule has 0 spiro atoms. The van der Waals surface area contributed by atoms with Crippen LogP contribution in [0.4, 0.5) is 5.95 Å². The van der Waals surface area contributed by atoms with Crippen LogP contribution in [0.1, 0.15) is 44.9 Å². The lowest BCUT2D eigenvalue weighted by molar-refractivity contribution is -0.161. The number of ether oxygens (including phenoxy) is 1. The highest BCUT2D eigenvalue weighted by Crippen LogP contribution is 2.42. The molecule has 2 bridgehead atoms. The van der Waals surface area contributed by atoms with Gasteiger partial charge in [-0.1, -0.05) is 6.92 Å². The second-order valence-electron chi connectivity index (χ2n) is 9.00. The fourth-order valence-corrected chi connectivity index (χ4v) is 5.81.